The fourth-order valence-electron chi connectivity index (χ4n) is 5.41. The van der Waals surface area contributed by atoms with Crippen molar-refractivity contribution in [1.82, 2.24) is 20.0 Å². The average molecular weight is 561 g/mol. The molecule has 1 aromatic rings. The predicted molar refractivity (Wildman–Crippen MR) is 148 cm³/mol. The van der Waals surface area contributed by atoms with Gasteiger partial charge in [-0.3, -0.25) is 24.6 Å². The first-order valence-electron chi connectivity index (χ1n) is 13.9. The molecule has 4 rings (SSSR count). The highest BCUT2D eigenvalue weighted by molar-refractivity contribution is 6.01. The van der Waals surface area contributed by atoms with Gasteiger partial charge in [-0.15, -0.1) is 0 Å². The Kier molecular flexibility index (Phi) is 8.57. The second-order valence-corrected chi connectivity index (χ2v) is 12.3. The SMILES string of the molecule is CC(C)(C)OC(=O)N1CCN(C(=O)CN2CCN(c3ccc(NC4CCC(=O)NC4=O)cc3F)CC2)C(C)(C)C1. The molecular weight excluding hydrogens is 519 g/mol. The van der Waals surface area contributed by atoms with Crippen LogP contribution < -0.4 is 15.5 Å². The van der Waals surface area contributed by atoms with Gasteiger partial charge in [0.2, 0.25) is 17.7 Å². The van der Waals surface area contributed by atoms with Gasteiger partial charge in [-0.1, -0.05) is 0 Å². The molecule has 12 heteroatoms. The molecule has 40 heavy (non-hydrogen) atoms. The molecule has 1 atom stereocenters. The number of halogens is 1. The molecule has 3 saturated heterocycles. The van der Waals surface area contributed by atoms with Crippen LogP contribution in [-0.2, 0) is 19.1 Å². The molecule has 0 aliphatic carbocycles. The molecular formula is C28H41FN6O5. The number of piperazine rings is 2. The number of hydrogen-bond acceptors (Lipinski definition) is 8. The molecule has 0 bridgehead atoms. The lowest BCUT2D eigenvalue weighted by Crippen LogP contribution is -2.64. The van der Waals surface area contributed by atoms with Gasteiger partial charge in [0.15, 0.2) is 0 Å². The summed E-state index contributed by atoms with van der Waals surface area (Å²) in [5.41, 5.74) is -0.150. The summed E-state index contributed by atoms with van der Waals surface area (Å²) in [5, 5.41) is 5.29. The first kappa shape index (κ1) is 29.6. The number of rotatable bonds is 5. The second kappa shape index (κ2) is 11.6. The normalized spacial score (nSPS) is 22.1. The number of anilines is 2. The molecule has 2 N–H and O–H groups in total. The molecule has 1 aromatic carbocycles. The van der Waals surface area contributed by atoms with Gasteiger partial charge in [0.1, 0.15) is 17.5 Å². The van der Waals surface area contributed by atoms with E-state index in [1.807, 2.05) is 44.4 Å². The number of amides is 4. The predicted octanol–water partition coefficient (Wildman–Crippen LogP) is 2.02. The van der Waals surface area contributed by atoms with E-state index in [1.54, 1.807) is 17.0 Å². The van der Waals surface area contributed by atoms with Crippen molar-refractivity contribution in [3.05, 3.63) is 24.0 Å². The minimum Gasteiger partial charge on any atom is -0.444 e. The number of piperidine rings is 1. The van der Waals surface area contributed by atoms with Crippen molar-refractivity contribution in [2.75, 3.05) is 62.6 Å². The Balaban J connectivity index is 1.27. The van der Waals surface area contributed by atoms with E-state index < -0.39 is 28.9 Å². The quantitative estimate of drug-likeness (QED) is 0.526. The minimum absolute atomic E-state index is 0.0114. The van der Waals surface area contributed by atoms with Crippen LogP contribution in [0.15, 0.2) is 18.2 Å². The van der Waals surface area contributed by atoms with Crippen molar-refractivity contribution in [2.45, 2.75) is 64.6 Å². The van der Waals surface area contributed by atoms with Gasteiger partial charge in [-0.05, 0) is 59.2 Å². The van der Waals surface area contributed by atoms with Gasteiger partial charge in [-0.2, -0.15) is 0 Å². The number of nitrogens with one attached hydrogen (secondary N) is 2. The summed E-state index contributed by atoms with van der Waals surface area (Å²) in [5.74, 6) is -1.08. The largest absolute Gasteiger partial charge is 0.444 e. The third kappa shape index (κ3) is 7.21. The van der Waals surface area contributed by atoms with Gasteiger partial charge in [0.05, 0.1) is 17.8 Å². The Morgan fingerprint density at radius 1 is 1.10 bits per heavy atom. The number of benzene rings is 1. The first-order chi connectivity index (χ1) is 18.7. The number of nitrogens with zero attached hydrogens (tertiary/aromatic N) is 4. The maximum absolute atomic E-state index is 15.0. The zero-order valence-corrected chi connectivity index (χ0v) is 24.1. The lowest BCUT2D eigenvalue weighted by atomic mass is 9.98. The fraction of sp³-hybridized carbons (Fsp3) is 0.643. The number of hydrogen-bond donors (Lipinski definition) is 2. The van der Waals surface area contributed by atoms with Crippen LogP contribution in [0.3, 0.4) is 0 Å². The maximum Gasteiger partial charge on any atom is 0.410 e. The minimum atomic E-state index is -0.575. The summed E-state index contributed by atoms with van der Waals surface area (Å²) in [6.45, 7) is 13.3. The van der Waals surface area contributed by atoms with Crippen molar-refractivity contribution in [3.8, 4) is 0 Å². The van der Waals surface area contributed by atoms with E-state index in [0.29, 0.717) is 63.6 Å². The van der Waals surface area contributed by atoms with Gasteiger partial charge < -0.3 is 24.8 Å². The molecule has 0 spiro atoms. The third-order valence-corrected chi connectivity index (χ3v) is 7.45. The number of imide groups is 1. The van der Waals surface area contributed by atoms with E-state index in [-0.39, 0.29) is 30.9 Å². The molecule has 1 unspecified atom stereocenters. The van der Waals surface area contributed by atoms with Crippen molar-refractivity contribution < 1.29 is 28.3 Å². The molecule has 3 aliphatic heterocycles. The molecule has 3 aliphatic rings. The lowest BCUT2D eigenvalue weighted by molar-refractivity contribution is -0.141. The molecule has 0 radical (unpaired) electrons. The van der Waals surface area contributed by atoms with Crippen molar-refractivity contribution >= 4 is 35.2 Å². The van der Waals surface area contributed by atoms with E-state index in [0.717, 1.165) is 0 Å². The molecule has 3 heterocycles. The first-order valence-corrected chi connectivity index (χ1v) is 13.9. The Hall–Kier alpha value is -3.41. The van der Waals surface area contributed by atoms with Crippen LogP contribution in [-0.4, -0.2) is 108 Å². The summed E-state index contributed by atoms with van der Waals surface area (Å²) in [6.07, 6.45) is 0.248. The second-order valence-electron chi connectivity index (χ2n) is 12.3. The van der Waals surface area contributed by atoms with Gasteiger partial charge in [0, 0.05) is 57.9 Å². The van der Waals surface area contributed by atoms with Crippen LogP contribution in [0.1, 0.15) is 47.5 Å². The Morgan fingerprint density at radius 2 is 1.80 bits per heavy atom. The highest BCUT2D eigenvalue weighted by atomic mass is 19.1. The van der Waals surface area contributed by atoms with Crippen molar-refractivity contribution in [1.29, 1.82) is 0 Å². The Morgan fingerprint density at radius 3 is 2.40 bits per heavy atom. The van der Waals surface area contributed by atoms with Crippen molar-refractivity contribution in [3.63, 3.8) is 0 Å². The smallest absolute Gasteiger partial charge is 0.410 e. The third-order valence-electron chi connectivity index (χ3n) is 7.45. The van der Waals surface area contributed by atoms with Gasteiger partial charge >= 0.3 is 6.09 Å². The van der Waals surface area contributed by atoms with Crippen LogP contribution in [0.4, 0.5) is 20.6 Å². The number of ether oxygens (including phenoxy) is 1. The van der Waals surface area contributed by atoms with E-state index in [1.165, 1.54) is 6.07 Å². The monoisotopic (exact) mass is 560 g/mol. The van der Waals surface area contributed by atoms with Crippen LogP contribution in [0.25, 0.3) is 0 Å². The molecule has 0 aromatic heterocycles. The lowest BCUT2D eigenvalue weighted by Gasteiger charge is -2.47. The zero-order valence-electron chi connectivity index (χ0n) is 24.1. The fourth-order valence-corrected chi connectivity index (χ4v) is 5.41. The topological polar surface area (TPSA) is 115 Å². The molecule has 4 amide bonds. The Labute approximate surface area is 235 Å². The Bertz CT molecular complexity index is 1140. The standard InChI is InChI=1S/C28H41FN6O5/c1-27(2,3)40-26(39)34-14-15-35(28(4,5)18-34)24(37)17-32-10-12-33(13-11-32)22-8-6-19(16-20(22)29)30-21-7-9-23(36)31-25(21)38/h6,8,16,21,30H,7,9-15,17-18H2,1-5H3,(H,31,36,38). The maximum atomic E-state index is 15.0. The number of carbonyl (C=O) groups excluding carboxylic acids is 4. The summed E-state index contributed by atoms with van der Waals surface area (Å²) >= 11 is 0. The summed E-state index contributed by atoms with van der Waals surface area (Å²) < 4.78 is 20.5. The highest BCUT2D eigenvalue weighted by Gasteiger charge is 2.40. The molecule has 220 valence electrons. The van der Waals surface area contributed by atoms with E-state index >= 15 is 4.39 Å². The zero-order chi connectivity index (χ0) is 29.2. The molecule has 0 saturated carbocycles. The summed E-state index contributed by atoms with van der Waals surface area (Å²) in [4.78, 5) is 56.6. The van der Waals surface area contributed by atoms with Crippen LogP contribution >= 0.6 is 0 Å². The molecule has 3 fully saturated rings. The molecule has 11 nitrogen and oxygen atoms in total. The van der Waals surface area contributed by atoms with Gasteiger partial charge in [-0.25, -0.2) is 9.18 Å². The number of carbonyl (C=O) groups is 4. The van der Waals surface area contributed by atoms with Crippen LogP contribution in [0.5, 0.6) is 0 Å². The summed E-state index contributed by atoms with van der Waals surface area (Å²) in [6, 6.07) is 4.22. The van der Waals surface area contributed by atoms with E-state index in [9.17, 15) is 19.2 Å². The summed E-state index contributed by atoms with van der Waals surface area (Å²) in [7, 11) is 0. The van der Waals surface area contributed by atoms with Crippen LogP contribution in [0, 0.1) is 5.82 Å². The highest BCUT2D eigenvalue weighted by Crippen LogP contribution is 2.26. The average Bonchev–Trinajstić information content (AvgIpc) is 2.85. The van der Waals surface area contributed by atoms with E-state index in [2.05, 4.69) is 15.5 Å². The van der Waals surface area contributed by atoms with Gasteiger partial charge in [0.25, 0.3) is 0 Å². The van der Waals surface area contributed by atoms with Crippen molar-refractivity contribution in [2.24, 2.45) is 0 Å². The van der Waals surface area contributed by atoms with Crippen LogP contribution in [0.2, 0.25) is 0 Å². The van der Waals surface area contributed by atoms with E-state index in [4.69, 9.17) is 4.74 Å².